The highest BCUT2D eigenvalue weighted by Gasteiger charge is 2.47. The summed E-state index contributed by atoms with van der Waals surface area (Å²) < 4.78 is 69.0. The van der Waals surface area contributed by atoms with Crippen LogP contribution in [0.4, 0.5) is 22.8 Å². The molecule has 2 saturated heterocycles. The predicted molar refractivity (Wildman–Crippen MR) is 208 cm³/mol. The van der Waals surface area contributed by atoms with Crippen molar-refractivity contribution < 1.29 is 56.0 Å². The van der Waals surface area contributed by atoms with E-state index in [0.29, 0.717) is 31.6 Å². The second-order valence-corrected chi connectivity index (χ2v) is 15.3. The van der Waals surface area contributed by atoms with Gasteiger partial charge in [0.25, 0.3) is 0 Å². The standard InChI is InChI=1S/C43H54F3N3O9/c1-4-54-39(51)37(19-17-28(2)3)49-38(50)20-18-33-23-35(56-41(53)48-26-31-13-8-12-30-11-5-6-16-36(30)31)24-42(57-33)21-9-15-34(58-42)27-55-40(52)47-25-29-10-7-14-32(22-29)43(44,45)46/h5-8,10-14,16,22,28,33-35,37H,4,9,15,17-21,23-27H2,1-3H3,(H,47,52)(H,48,53)(H,49,50)/t33-,34-,35-,37+,42+/m1/s1. The molecule has 2 aliphatic heterocycles. The Hall–Kier alpha value is -4.89. The van der Waals surface area contributed by atoms with Gasteiger partial charge in [-0.15, -0.1) is 0 Å². The lowest BCUT2D eigenvalue weighted by Crippen LogP contribution is -2.53. The van der Waals surface area contributed by atoms with Crippen molar-refractivity contribution in [3.63, 3.8) is 0 Å². The van der Waals surface area contributed by atoms with Gasteiger partial charge in [-0.1, -0.05) is 68.4 Å². The zero-order valence-electron chi connectivity index (χ0n) is 33.2. The van der Waals surface area contributed by atoms with Gasteiger partial charge in [-0.25, -0.2) is 14.4 Å². The summed E-state index contributed by atoms with van der Waals surface area (Å²) in [5.41, 5.74) is 0.364. The summed E-state index contributed by atoms with van der Waals surface area (Å²) in [6, 6.07) is 17.6. The number of ether oxygens (including phenoxy) is 5. The van der Waals surface area contributed by atoms with Crippen molar-refractivity contribution in [3.05, 3.63) is 83.4 Å². The Balaban J connectivity index is 1.21. The number of hydrogen-bond acceptors (Lipinski definition) is 9. The number of halogens is 3. The molecule has 0 bridgehead atoms. The van der Waals surface area contributed by atoms with Crippen LogP contribution in [0.1, 0.15) is 95.2 Å². The average molecular weight is 814 g/mol. The molecule has 3 aromatic rings. The number of alkyl carbamates (subject to hydrolysis) is 2. The van der Waals surface area contributed by atoms with E-state index in [1.165, 1.54) is 12.1 Å². The molecule has 5 rings (SSSR count). The maximum absolute atomic E-state index is 13.2. The Bertz CT molecular complexity index is 1850. The van der Waals surface area contributed by atoms with Gasteiger partial charge in [0.15, 0.2) is 5.79 Å². The van der Waals surface area contributed by atoms with Gasteiger partial charge in [-0.3, -0.25) is 4.79 Å². The Labute approximate surface area is 336 Å². The maximum Gasteiger partial charge on any atom is 0.416 e. The summed E-state index contributed by atoms with van der Waals surface area (Å²) in [6.45, 7) is 5.88. The first-order valence-electron chi connectivity index (χ1n) is 20.0. The first-order chi connectivity index (χ1) is 27.7. The van der Waals surface area contributed by atoms with E-state index in [0.717, 1.165) is 34.9 Å². The third-order valence-electron chi connectivity index (χ3n) is 10.2. The Kier molecular flexibility index (Phi) is 15.8. The van der Waals surface area contributed by atoms with Gasteiger partial charge in [0, 0.05) is 38.8 Å². The van der Waals surface area contributed by atoms with Crippen LogP contribution >= 0.6 is 0 Å². The number of nitrogens with one attached hydrogen (secondary N) is 3. The number of carbonyl (C=O) groups excluding carboxylic acids is 4. The average Bonchev–Trinajstić information content (AvgIpc) is 3.19. The van der Waals surface area contributed by atoms with Crippen LogP contribution in [0.3, 0.4) is 0 Å². The Morgan fingerprint density at radius 3 is 2.41 bits per heavy atom. The monoisotopic (exact) mass is 813 g/mol. The third kappa shape index (κ3) is 13.3. The topological polar surface area (TPSA) is 151 Å². The molecule has 0 unspecified atom stereocenters. The van der Waals surface area contributed by atoms with E-state index < -0.39 is 60.0 Å². The number of rotatable bonds is 16. The molecule has 0 radical (unpaired) electrons. The van der Waals surface area contributed by atoms with E-state index in [-0.39, 0.29) is 63.5 Å². The van der Waals surface area contributed by atoms with E-state index >= 15 is 0 Å². The molecule has 3 amide bonds. The molecule has 1 spiro atoms. The minimum absolute atomic E-state index is 0.0247. The van der Waals surface area contributed by atoms with E-state index in [4.69, 9.17) is 23.7 Å². The summed E-state index contributed by atoms with van der Waals surface area (Å²) >= 11 is 0. The second kappa shape index (κ2) is 20.7. The smallest absolute Gasteiger partial charge is 0.416 e. The molecule has 2 fully saturated rings. The SMILES string of the molecule is CCOC(=O)[C@H](CCC(C)C)NC(=O)CC[C@@H]1C[C@@H](OC(=O)NCc2cccc3ccccc23)C[C@@]2(CCC[C@H](COC(=O)NCc3cccc(C(F)(F)F)c3)O2)O1. The number of esters is 1. The van der Waals surface area contributed by atoms with Crippen LogP contribution in [0.15, 0.2) is 66.7 Å². The number of alkyl halides is 3. The molecule has 2 aliphatic rings. The highest BCUT2D eigenvalue weighted by Crippen LogP contribution is 2.41. The van der Waals surface area contributed by atoms with Gasteiger partial charge in [0.2, 0.25) is 5.91 Å². The first kappa shape index (κ1) is 44.2. The highest BCUT2D eigenvalue weighted by atomic mass is 19.4. The minimum atomic E-state index is -4.51. The highest BCUT2D eigenvalue weighted by molar-refractivity contribution is 5.86. The quantitative estimate of drug-likeness (QED) is 0.0964. The molecular formula is C43H54F3N3O9. The lowest BCUT2D eigenvalue weighted by Gasteiger charge is -2.47. The van der Waals surface area contributed by atoms with E-state index in [9.17, 15) is 32.3 Å². The first-order valence-corrected chi connectivity index (χ1v) is 20.0. The van der Waals surface area contributed by atoms with Crippen molar-refractivity contribution in [2.24, 2.45) is 5.92 Å². The van der Waals surface area contributed by atoms with Crippen molar-refractivity contribution in [3.8, 4) is 0 Å². The molecule has 0 aliphatic carbocycles. The lowest BCUT2D eigenvalue weighted by atomic mass is 9.90. The molecule has 3 N–H and O–H groups in total. The van der Waals surface area contributed by atoms with Gasteiger partial charge >= 0.3 is 24.3 Å². The second-order valence-electron chi connectivity index (χ2n) is 15.3. The van der Waals surface area contributed by atoms with Gasteiger partial charge in [-0.2, -0.15) is 13.2 Å². The molecular weight excluding hydrogens is 759 g/mol. The number of fused-ring (bicyclic) bond motifs is 1. The molecule has 316 valence electrons. The van der Waals surface area contributed by atoms with E-state index in [1.807, 2.05) is 56.3 Å². The largest absolute Gasteiger partial charge is 0.464 e. The lowest BCUT2D eigenvalue weighted by molar-refractivity contribution is -0.329. The van der Waals surface area contributed by atoms with Crippen LogP contribution in [0, 0.1) is 5.92 Å². The van der Waals surface area contributed by atoms with Gasteiger partial charge in [0.1, 0.15) is 18.8 Å². The summed E-state index contributed by atoms with van der Waals surface area (Å²) in [5.74, 6) is -1.72. The van der Waals surface area contributed by atoms with Crippen LogP contribution in [-0.4, -0.2) is 67.4 Å². The summed E-state index contributed by atoms with van der Waals surface area (Å²) in [4.78, 5) is 51.6. The number of carbonyl (C=O) groups is 4. The number of amides is 3. The number of benzene rings is 3. The fourth-order valence-corrected chi connectivity index (χ4v) is 7.37. The fourth-order valence-electron chi connectivity index (χ4n) is 7.37. The zero-order chi connectivity index (χ0) is 41.7. The van der Waals surface area contributed by atoms with Crippen LogP contribution in [0.25, 0.3) is 10.8 Å². The van der Waals surface area contributed by atoms with E-state index in [1.54, 1.807) is 6.92 Å². The van der Waals surface area contributed by atoms with Crippen LogP contribution in [-0.2, 0) is 52.5 Å². The minimum Gasteiger partial charge on any atom is -0.464 e. The van der Waals surface area contributed by atoms with Crippen LogP contribution < -0.4 is 16.0 Å². The van der Waals surface area contributed by atoms with Crippen molar-refractivity contribution in [2.75, 3.05) is 13.2 Å². The zero-order valence-corrected chi connectivity index (χ0v) is 33.2. The molecule has 12 nitrogen and oxygen atoms in total. The van der Waals surface area contributed by atoms with Crippen molar-refractivity contribution in [2.45, 2.75) is 128 Å². The molecule has 2 heterocycles. The molecule has 5 atom stereocenters. The Morgan fingerprint density at radius 1 is 0.897 bits per heavy atom. The van der Waals surface area contributed by atoms with E-state index in [2.05, 4.69) is 16.0 Å². The molecule has 0 aromatic heterocycles. The van der Waals surface area contributed by atoms with Crippen molar-refractivity contribution in [1.29, 1.82) is 0 Å². The van der Waals surface area contributed by atoms with Crippen molar-refractivity contribution >= 4 is 34.8 Å². The normalized spacial score (nSPS) is 21.3. The van der Waals surface area contributed by atoms with Crippen LogP contribution in [0.5, 0.6) is 0 Å². The fraction of sp³-hybridized carbons (Fsp3) is 0.535. The summed E-state index contributed by atoms with van der Waals surface area (Å²) in [7, 11) is 0. The van der Waals surface area contributed by atoms with Gasteiger partial charge in [0.05, 0.1) is 24.4 Å². The molecule has 3 aromatic carbocycles. The van der Waals surface area contributed by atoms with Gasteiger partial charge < -0.3 is 39.6 Å². The maximum atomic E-state index is 13.2. The molecule has 0 saturated carbocycles. The molecule has 15 heteroatoms. The van der Waals surface area contributed by atoms with Crippen molar-refractivity contribution in [1.82, 2.24) is 16.0 Å². The van der Waals surface area contributed by atoms with Crippen LogP contribution in [0.2, 0.25) is 0 Å². The molecule has 58 heavy (non-hydrogen) atoms. The third-order valence-corrected chi connectivity index (χ3v) is 10.2. The number of hydrogen-bond donors (Lipinski definition) is 3. The predicted octanol–water partition coefficient (Wildman–Crippen LogP) is 8.09. The Morgan fingerprint density at radius 2 is 1.64 bits per heavy atom. The summed E-state index contributed by atoms with van der Waals surface area (Å²) in [6.07, 6.45) is -4.26. The summed E-state index contributed by atoms with van der Waals surface area (Å²) in [5, 5.41) is 10.2. The van der Waals surface area contributed by atoms with Gasteiger partial charge in [-0.05, 0) is 79.0 Å².